The smallest absolute Gasteiger partial charge is 0.149 e. The second-order valence-electron chi connectivity index (χ2n) is 18.1. The first-order chi connectivity index (χ1) is 30.8. The van der Waals surface area contributed by atoms with E-state index in [0.29, 0.717) is 28.6 Å². The minimum Gasteiger partial charge on any atom is -0.507 e. The molecule has 0 fully saturated rings. The van der Waals surface area contributed by atoms with Gasteiger partial charge in [-0.15, -0.1) is 0 Å². The predicted molar refractivity (Wildman–Crippen MR) is 253 cm³/mol. The molecule has 1 N–H and O–H groups in total. The van der Waals surface area contributed by atoms with Crippen molar-refractivity contribution in [3.8, 4) is 67.5 Å². The third kappa shape index (κ3) is 8.04. The zero-order valence-corrected chi connectivity index (χ0v) is 36.2. The number of hydrogen-bond acceptors (Lipinski definition) is 3. The van der Waals surface area contributed by atoms with Gasteiger partial charge >= 0.3 is 0 Å². The molecule has 4 heteroatoms. The Morgan fingerprint density at radius 2 is 1.40 bits per heavy atom. The Morgan fingerprint density at radius 1 is 0.650 bits per heavy atom. The fourth-order valence-corrected chi connectivity index (χ4v) is 8.11. The van der Waals surface area contributed by atoms with E-state index in [4.69, 9.17) is 16.8 Å². The molecule has 0 unspecified atom stereocenters. The molecule has 0 aliphatic heterocycles. The number of fused-ring (bicyclic) bond motifs is 1. The molecule has 0 bridgehead atoms. The summed E-state index contributed by atoms with van der Waals surface area (Å²) in [5.41, 5.74) is 13.3. The van der Waals surface area contributed by atoms with E-state index in [1.165, 1.54) is 5.56 Å². The number of pyridine rings is 1. The zero-order chi connectivity index (χ0) is 46.6. The normalized spacial score (nSPS) is 13.2. The molecule has 0 amide bonds. The van der Waals surface area contributed by atoms with Gasteiger partial charge in [-0.3, -0.25) is 9.55 Å². The summed E-state index contributed by atoms with van der Waals surface area (Å²) in [6.45, 7) is 19.6. The van der Waals surface area contributed by atoms with Crippen molar-refractivity contribution in [1.29, 1.82) is 0 Å². The Morgan fingerprint density at radius 3 is 2.10 bits per heavy atom. The van der Waals surface area contributed by atoms with Crippen molar-refractivity contribution in [2.75, 3.05) is 0 Å². The molecule has 0 radical (unpaired) electrons. The Labute approximate surface area is 363 Å². The van der Waals surface area contributed by atoms with Crippen LogP contribution >= 0.6 is 0 Å². The molecule has 0 saturated heterocycles. The number of aromatic hydroxyl groups is 1. The van der Waals surface area contributed by atoms with Crippen molar-refractivity contribution in [3.05, 3.63) is 168 Å². The summed E-state index contributed by atoms with van der Waals surface area (Å²) < 4.78 is 44.4. The molecular formula is C56H57N3O. The van der Waals surface area contributed by atoms with Gasteiger partial charge in [-0.2, -0.15) is 0 Å². The van der Waals surface area contributed by atoms with Crippen LogP contribution in [0.2, 0.25) is 0 Å². The quantitative estimate of drug-likeness (QED) is 0.150. The number of para-hydroxylation sites is 1. The van der Waals surface area contributed by atoms with Crippen LogP contribution in [0.5, 0.6) is 5.75 Å². The molecular weight excluding hydrogens is 731 g/mol. The molecule has 8 rings (SSSR count). The van der Waals surface area contributed by atoms with Crippen LogP contribution < -0.4 is 0 Å². The fourth-order valence-electron chi connectivity index (χ4n) is 8.11. The highest BCUT2D eigenvalue weighted by atomic mass is 16.3. The highest BCUT2D eigenvalue weighted by Gasteiger charge is 2.26. The maximum Gasteiger partial charge on any atom is 0.149 e. The van der Waals surface area contributed by atoms with Crippen molar-refractivity contribution >= 4 is 11.0 Å². The molecule has 0 aliphatic carbocycles. The number of phenols is 1. The molecule has 6 aromatic carbocycles. The number of phenolic OH excluding ortho intramolecular Hbond substituents is 1. The largest absolute Gasteiger partial charge is 0.507 e. The molecule has 2 aromatic heterocycles. The summed E-state index contributed by atoms with van der Waals surface area (Å²) in [4.78, 5) is 10.4. The maximum absolute atomic E-state index is 12.3. The van der Waals surface area contributed by atoms with Crippen molar-refractivity contribution in [3.63, 3.8) is 0 Å². The number of benzene rings is 6. The lowest BCUT2D eigenvalue weighted by Crippen LogP contribution is -2.11. The third-order valence-corrected chi connectivity index (χ3v) is 11.4. The fraction of sp³-hybridized carbons (Fsp3) is 0.250. The van der Waals surface area contributed by atoms with Crippen LogP contribution in [0.15, 0.2) is 146 Å². The Balaban J connectivity index is 1.43. The Hall–Kier alpha value is -6.26. The van der Waals surface area contributed by atoms with Crippen molar-refractivity contribution in [1.82, 2.24) is 14.5 Å². The summed E-state index contributed by atoms with van der Waals surface area (Å²) in [7, 11) is 0. The minimum atomic E-state index is -0.428. The van der Waals surface area contributed by atoms with E-state index in [1.807, 2.05) is 6.07 Å². The second-order valence-corrected chi connectivity index (χ2v) is 18.1. The van der Waals surface area contributed by atoms with Crippen LogP contribution in [0.3, 0.4) is 0 Å². The summed E-state index contributed by atoms with van der Waals surface area (Å²) in [5, 5.41) is 12.3. The lowest BCUT2D eigenvalue weighted by molar-refractivity contribution is 0.466. The SMILES string of the molecule is [2H]c1c([2H])c([2H])c(-c2ccnc(-c3cc(-c4cccc5c4nc(-c4cc(C(C)C)cc(C(C)C)c4O)n5-c4ccc(CC(C)C)cc4-c4ccccc4)cc(C(C)(C)C)c3)c2)c([2H])c1[2H]. The van der Waals surface area contributed by atoms with E-state index in [0.717, 1.165) is 67.6 Å². The Kier molecular flexibility index (Phi) is 9.46. The van der Waals surface area contributed by atoms with Crippen LogP contribution in [-0.4, -0.2) is 19.6 Å². The van der Waals surface area contributed by atoms with E-state index in [-0.39, 0.29) is 52.7 Å². The van der Waals surface area contributed by atoms with Crippen molar-refractivity contribution < 1.29 is 12.0 Å². The maximum atomic E-state index is 12.3. The van der Waals surface area contributed by atoms with Crippen LogP contribution in [-0.2, 0) is 11.8 Å². The summed E-state index contributed by atoms with van der Waals surface area (Å²) in [6.07, 6.45) is 2.56. The van der Waals surface area contributed by atoms with Gasteiger partial charge in [0.1, 0.15) is 11.6 Å². The molecule has 0 atom stereocenters. The van der Waals surface area contributed by atoms with E-state index >= 15 is 0 Å². The van der Waals surface area contributed by atoms with Gasteiger partial charge in [0.2, 0.25) is 0 Å². The lowest BCUT2D eigenvalue weighted by atomic mass is 9.83. The van der Waals surface area contributed by atoms with E-state index in [2.05, 4.69) is 158 Å². The average Bonchev–Trinajstić information content (AvgIpc) is 3.66. The third-order valence-electron chi connectivity index (χ3n) is 11.4. The van der Waals surface area contributed by atoms with Gasteiger partial charge in [-0.25, -0.2) is 4.98 Å². The number of imidazole rings is 1. The van der Waals surface area contributed by atoms with Crippen LogP contribution in [0.1, 0.15) is 103 Å². The summed E-state index contributed by atoms with van der Waals surface area (Å²) >= 11 is 0. The topological polar surface area (TPSA) is 50.9 Å². The van der Waals surface area contributed by atoms with Gasteiger partial charge in [0.25, 0.3) is 0 Å². The van der Waals surface area contributed by atoms with Gasteiger partial charge < -0.3 is 5.11 Å². The number of nitrogens with zero attached hydrogens (tertiary/aromatic N) is 3. The zero-order valence-electron chi connectivity index (χ0n) is 41.2. The van der Waals surface area contributed by atoms with Gasteiger partial charge in [0, 0.05) is 22.9 Å². The lowest BCUT2D eigenvalue weighted by Gasteiger charge is -2.22. The standard InChI is InChI=1S/C56H57N3O/c1-35(2)27-38-23-24-51(48(28-38)40-19-14-11-15-20-40)59-52-22-16-21-46(53(52)58-55(59)49-33-42(36(3)4)32-47(37(5)6)54(49)60)43-29-44(31-45(30-43)56(7,8)9)50-34-41(25-26-57-50)39-17-12-10-13-18-39/h10-26,28-37,60H,27H2,1-9H3/i10D,12D,13D,17D,18D. The molecule has 0 aliphatic rings. The number of aromatic nitrogens is 3. The summed E-state index contributed by atoms with van der Waals surface area (Å²) in [5.74, 6) is 1.62. The second kappa shape index (κ2) is 16.4. The van der Waals surface area contributed by atoms with E-state index in [9.17, 15) is 5.11 Å². The van der Waals surface area contributed by atoms with Crippen molar-refractivity contribution in [2.24, 2.45) is 5.92 Å². The van der Waals surface area contributed by atoms with Gasteiger partial charge in [0.05, 0.1) is 34.8 Å². The first-order valence-corrected chi connectivity index (χ1v) is 21.1. The van der Waals surface area contributed by atoms with E-state index in [1.54, 1.807) is 18.3 Å². The predicted octanol–water partition coefficient (Wildman–Crippen LogP) is 15.2. The van der Waals surface area contributed by atoms with Crippen LogP contribution in [0.4, 0.5) is 0 Å². The van der Waals surface area contributed by atoms with Crippen molar-refractivity contribution in [2.45, 2.75) is 86.0 Å². The number of hydrogen-bond donors (Lipinski definition) is 1. The van der Waals surface area contributed by atoms with Crippen LogP contribution in [0.25, 0.3) is 72.7 Å². The monoisotopic (exact) mass is 792 g/mol. The van der Waals surface area contributed by atoms with Gasteiger partial charge in [-0.05, 0) is 123 Å². The molecule has 2 heterocycles. The highest BCUT2D eigenvalue weighted by molar-refractivity contribution is 5.98. The first kappa shape index (κ1) is 34.6. The molecule has 0 saturated carbocycles. The minimum absolute atomic E-state index is 0.0715. The molecule has 302 valence electrons. The molecule has 0 spiro atoms. The number of rotatable bonds is 10. The van der Waals surface area contributed by atoms with Crippen LogP contribution in [0, 0.1) is 5.92 Å². The molecule has 4 nitrogen and oxygen atoms in total. The average molecular weight is 793 g/mol. The Bertz CT molecular complexity index is 3080. The molecule has 60 heavy (non-hydrogen) atoms. The van der Waals surface area contributed by atoms with Gasteiger partial charge in [0.15, 0.2) is 0 Å². The van der Waals surface area contributed by atoms with E-state index < -0.39 is 6.04 Å². The molecule has 8 aromatic rings. The first-order valence-electron chi connectivity index (χ1n) is 23.6. The highest BCUT2D eigenvalue weighted by Crippen LogP contribution is 2.44. The van der Waals surface area contributed by atoms with Gasteiger partial charge in [-0.1, -0.05) is 153 Å². The summed E-state index contributed by atoms with van der Waals surface area (Å²) in [6, 6.07) is 35.9.